The second-order valence-corrected chi connectivity index (χ2v) is 10.6. The lowest BCUT2D eigenvalue weighted by atomic mass is 9.87. The van der Waals surface area contributed by atoms with Gasteiger partial charge in [0.1, 0.15) is 11.6 Å². The Morgan fingerprint density at radius 1 is 1.05 bits per heavy atom. The third-order valence-electron chi connectivity index (χ3n) is 7.98. The number of hydrogen-bond acceptors (Lipinski definition) is 6. The molecule has 2 amide bonds. The van der Waals surface area contributed by atoms with Crippen LogP contribution in [0.25, 0.3) is 11.3 Å². The molecule has 2 aromatic carbocycles. The molecule has 3 N–H and O–H groups in total. The zero-order valence-corrected chi connectivity index (χ0v) is 22.2. The Hall–Kier alpha value is -3.63. The number of carbonyl (C=O) groups excluding carboxylic acids is 2. The number of piperidine rings is 1. The van der Waals surface area contributed by atoms with Gasteiger partial charge in [-0.05, 0) is 37.0 Å². The van der Waals surface area contributed by atoms with Gasteiger partial charge in [0.25, 0.3) is 5.91 Å². The number of aromatic nitrogens is 1. The molecular formula is C30H34F2N4O4. The van der Waals surface area contributed by atoms with E-state index >= 15 is 0 Å². The molecule has 0 bridgehead atoms. The zero-order valence-electron chi connectivity index (χ0n) is 22.2. The van der Waals surface area contributed by atoms with Gasteiger partial charge in [-0.15, -0.1) is 0 Å². The maximum absolute atomic E-state index is 14.2. The first-order valence-corrected chi connectivity index (χ1v) is 13.9. The molecule has 10 heteroatoms. The number of nitrogens with one attached hydrogen (secondary N) is 2. The summed E-state index contributed by atoms with van der Waals surface area (Å²) in [5.41, 5.74) is 0.634. The third-order valence-corrected chi connectivity index (χ3v) is 7.98. The molecule has 1 aromatic heterocycles. The highest BCUT2D eigenvalue weighted by molar-refractivity contribution is 5.94. The van der Waals surface area contributed by atoms with Crippen molar-refractivity contribution in [1.29, 1.82) is 0 Å². The van der Waals surface area contributed by atoms with E-state index in [2.05, 4.69) is 20.7 Å². The molecule has 0 unspecified atom stereocenters. The Balaban J connectivity index is 1.28. The Labute approximate surface area is 231 Å². The van der Waals surface area contributed by atoms with Crippen LogP contribution in [0.4, 0.5) is 8.78 Å². The van der Waals surface area contributed by atoms with Crippen molar-refractivity contribution in [1.82, 2.24) is 20.7 Å². The van der Waals surface area contributed by atoms with E-state index in [9.17, 15) is 23.5 Å². The molecule has 2 fully saturated rings. The largest absolute Gasteiger partial charge is 0.387 e. The number of carbonyl (C=O) groups is 2. The van der Waals surface area contributed by atoms with Gasteiger partial charge < -0.3 is 20.3 Å². The van der Waals surface area contributed by atoms with Gasteiger partial charge in [-0.3, -0.25) is 14.5 Å². The summed E-state index contributed by atoms with van der Waals surface area (Å²) >= 11 is 0. The molecule has 1 aliphatic heterocycles. The summed E-state index contributed by atoms with van der Waals surface area (Å²) in [4.78, 5) is 28.9. The molecule has 2 heterocycles. The average molecular weight is 553 g/mol. The van der Waals surface area contributed by atoms with Gasteiger partial charge >= 0.3 is 0 Å². The first kappa shape index (κ1) is 27.9. The van der Waals surface area contributed by atoms with Crippen LogP contribution < -0.4 is 10.6 Å². The lowest BCUT2D eigenvalue weighted by molar-refractivity contribution is -0.128. The Bertz CT molecular complexity index is 1310. The van der Waals surface area contributed by atoms with Crippen LogP contribution in [0.15, 0.2) is 59.1 Å². The Kier molecular flexibility index (Phi) is 8.86. The van der Waals surface area contributed by atoms with Crippen molar-refractivity contribution < 1.29 is 28.0 Å². The second kappa shape index (κ2) is 12.7. The predicted octanol–water partition coefficient (Wildman–Crippen LogP) is 4.22. The SMILES string of the molecule is O=C(N[C@H]1CCN(C2CCCCC2)C[C@@H]1C(=O)NC[C@H](O)c1ccccc1)c1cc(-c2ccc(F)cc2F)on1. The fraction of sp³-hybridized carbons (Fsp3) is 0.433. The summed E-state index contributed by atoms with van der Waals surface area (Å²) in [6.07, 6.45) is 5.48. The lowest BCUT2D eigenvalue weighted by Gasteiger charge is -2.43. The van der Waals surface area contributed by atoms with Gasteiger partial charge in [-0.2, -0.15) is 0 Å². The molecule has 5 rings (SSSR count). The minimum absolute atomic E-state index is 0.000963. The molecule has 0 radical (unpaired) electrons. The van der Waals surface area contributed by atoms with Gasteiger partial charge in [-0.1, -0.05) is 54.8 Å². The normalized spacial score (nSPS) is 21.1. The highest BCUT2D eigenvalue weighted by atomic mass is 19.1. The van der Waals surface area contributed by atoms with Crippen molar-refractivity contribution in [3.63, 3.8) is 0 Å². The fourth-order valence-electron chi connectivity index (χ4n) is 5.76. The molecule has 1 saturated carbocycles. The number of aliphatic hydroxyl groups excluding tert-OH is 1. The number of hydrogen-bond donors (Lipinski definition) is 3. The van der Waals surface area contributed by atoms with E-state index in [1.165, 1.54) is 31.4 Å². The van der Waals surface area contributed by atoms with Crippen LogP contribution in [0.2, 0.25) is 0 Å². The van der Waals surface area contributed by atoms with Crippen LogP contribution in [0, 0.1) is 17.6 Å². The van der Waals surface area contributed by atoms with Crippen molar-refractivity contribution in [3.8, 4) is 11.3 Å². The van der Waals surface area contributed by atoms with Crippen LogP contribution in [-0.4, -0.2) is 58.7 Å². The number of amides is 2. The zero-order chi connectivity index (χ0) is 28.1. The van der Waals surface area contributed by atoms with E-state index in [0.29, 0.717) is 24.6 Å². The summed E-state index contributed by atoms with van der Waals surface area (Å²) in [5, 5.41) is 20.1. The molecule has 0 spiro atoms. The van der Waals surface area contributed by atoms with Crippen molar-refractivity contribution in [3.05, 3.63) is 77.5 Å². The molecule has 8 nitrogen and oxygen atoms in total. The smallest absolute Gasteiger partial charge is 0.273 e. The van der Waals surface area contributed by atoms with E-state index in [4.69, 9.17) is 4.52 Å². The maximum Gasteiger partial charge on any atom is 0.273 e. The number of halogens is 2. The molecule has 3 atom stereocenters. The Morgan fingerprint density at radius 3 is 2.58 bits per heavy atom. The lowest BCUT2D eigenvalue weighted by Crippen LogP contribution is -2.58. The van der Waals surface area contributed by atoms with E-state index in [1.54, 1.807) is 12.1 Å². The van der Waals surface area contributed by atoms with Crippen LogP contribution in [0.3, 0.4) is 0 Å². The van der Waals surface area contributed by atoms with Crippen molar-refractivity contribution in [2.45, 2.75) is 56.7 Å². The number of nitrogens with zero attached hydrogens (tertiary/aromatic N) is 2. The quantitative estimate of drug-likeness (QED) is 0.386. The van der Waals surface area contributed by atoms with Crippen LogP contribution in [-0.2, 0) is 4.79 Å². The van der Waals surface area contributed by atoms with Crippen LogP contribution in [0.5, 0.6) is 0 Å². The summed E-state index contributed by atoms with van der Waals surface area (Å²) in [7, 11) is 0. The van der Waals surface area contributed by atoms with Crippen LogP contribution >= 0.6 is 0 Å². The minimum atomic E-state index is -0.850. The first-order chi connectivity index (χ1) is 19.4. The number of rotatable bonds is 8. The van der Waals surface area contributed by atoms with Crippen LogP contribution in [0.1, 0.15) is 60.7 Å². The van der Waals surface area contributed by atoms with E-state index in [0.717, 1.165) is 31.5 Å². The molecule has 3 aromatic rings. The average Bonchev–Trinajstić information content (AvgIpc) is 3.47. The maximum atomic E-state index is 14.2. The number of likely N-dealkylation sites (tertiary alicyclic amines) is 1. The molecular weight excluding hydrogens is 518 g/mol. The Morgan fingerprint density at radius 2 is 1.82 bits per heavy atom. The highest BCUT2D eigenvalue weighted by Gasteiger charge is 2.38. The van der Waals surface area contributed by atoms with Crippen molar-refractivity contribution >= 4 is 11.8 Å². The number of aliphatic hydroxyl groups is 1. The summed E-state index contributed by atoms with van der Waals surface area (Å²) < 4.78 is 32.7. The monoisotopic (exact) mass is 552 g/mol. The summed E-state index contributed by atoms with van der Waals surface area (Å²) in [6, 6.07) is 13.4. The minimum Gasteiger partial charge on any atom is -0.387 e. The topological polar surface area (TPSA) is 108 Å². The fourth-order valence-corrected chi connectivity index (χ4v) is 5.76. The third kappa shape index (κ3) is 6.56. The van der Waals surface area contributed by atoms with Gasteiger partial charge in [0, 0.05) is 43.9 Å². The highest BCUT2D eigenvalue weighted by Crippen LogP contribution is 2.29. The standard InChI is InChI=1S/C30H34F2N4O4/c31-20-11-12-22(24(32)15-20)28-16-26(35-40-28)30(39)34-25-13-14-36(21-9-5-2-6-10-21)18-23(25)29(38)33-17-27(37)19-7-3-1-4-8-19/h1,3-4,7-8,11-12,15-16,21,23,25,27,37H,2,5-6,9-10,13-14,17-18H2,(H,33,38)(H,34,39)/t23-,25-,27-/m0/s1. The summed E-state index contributed by atoms with van der Waals surface area (Å²) in [6.45, 7) is 1.30. The van der Waals surface area contributed by atoms with E-state index in [1.807, 2.05) is 18.2 Å². The molecule has 1 saturated heterocycles. The second-order valence-electron chi connectivity index (χ2n) is 10.6. The van der Waals surface area contributed by atoms with Gasteiger partial charge in [0.15, 0.2) is 11.5 Å². The summed E-state index contributed by atoms with van der Waals surface area (Å²) in [5.74, 6) is -2.88. The molecule has 2 aliphatic rings. The van der Waals surface area contributed by atoms with Gasteiger partial charge in [-0.25, -0.2) is 8.78 Å². The number of benzene rings is 2. The first-order valence-electron chi connectivity index (χ1n) is 13.9. The molecule has 40 heavy (non-hydrogen) atoms. The van der Waals surface area contributed by atoms with Crippen molar-refractivity contribution in [2.24, 2.45) is 5.92 Å². The van der Waals surface area contributed by atoms with Gasteiger partial charge in [0.2, 0.25) is 5.91 Å². The van der Waals surface area contributed by atoms with E-state index in [-0.39, 0.29) is 29.5 Å². The molecule has 1 aliphatic carbocycles. The van der Waals surface area contributed by atoms with E-state index < -0.39 is 35.6 Å². The predicted molar refractivity (Wildman–Crippen MR) is 144 cm³/mol. The van der Waals surface area contributed by atoms with Gasteiger partial charge in [0.05, 0.1) is 17.6 Å². The van der Waals surface area contributed by atoms with Crippen molar-refractivity contribution in [2.75, 3.05) is 19.6 Å². The molecule has 212 valence electrons.